The van der Waals surface area contributed by atoms with Gasteiger partial charge in [-0.2, -0.15) is 13.2 Å². The predicted octanol–water partition coefficient (Wildman–Crippen LogP) is 3.37. The zero-order valence-corrected chi connectivity index (χ0v) is 10.1. The Morgan fingerprint density at radius 2 is 2.05 bits per heavy atom. The van der Waals surface area contributed by atoms with E-state index in [0.29, 0.717) is 18.5 Å². The van der Waals surface area contributed by atoms with E-state index in [1.165, 1.54) is 12.1 Å². The Morgan fingerprint density at radius 1 is 1.32 bits per heavy atom. The Kier molecular flexibility index (Phi) is 3.68. The van der Waals surface area contributed by atoms with E-state index in [2.05, 4.69) is 5.32 Å². The second-order valence-corrected chi connectivity index (χ2v) is 4.71. The Labute approximate surface area is 108 Å². The van der Waals surface area contributed by atoms with Crippen molar-refractivity contribution in [2.45, 2.75) is 31.5 Å². The van der Waals surface area contributed by atoms with Crippen molar-refractivity contribution >= 4 is 11.7 Å². The first kappa shape index (κ1) is 13.7. The van der Waals surface area contributed by atoms with Crippen LogP contribution in [0.15, 0.2) is 24.3 Å². The summed E-state index contributed by atoms with van der Waals surface area (Å²) in [7, 11) is 0. The molecular formula is C13H14F3NO2. The van der Waals surface area contributed by atoms with Gasteiger partial charge >= 0.3 is 12.1 Å². The van der Waals surface area contributed by atoms with Crippen molar-refractivity contribution in [2.75, 3.05) is 5.32 Å². The molecule has 0 amide bonds. The van der Waals surface area contributed by atoms with E-state index in [1.54, 1.807) is 0 Å². The summed E-state index contributed by atoms with van der Waals surface area (Å²) in [5.41, 5.74) is -0.421. The molecule has 1 aromatic rings. The van der Waals surface area contributed by atoms with Crippen molar-refractivity contribution in [1.29, 1.82) is 0 Å². The summed E-state index contributed by atoms with van der Waals surface area (Å²) in [5.74, 6) is -1.43. The van der Waals surface area contributed by atoms with E-state index in [9.17, 15) is 18.0 Å². The first-order chi connectivity index (χ1) is 8.88. The summed E-state index contributed by atoms with van der Waals surface area (Å²) >= 11 is 0. The first-order valence-corrected chi connectivity index (χ1v) is 6.04. The van der Waals surface area contributed by atoms with Gasteiger partial charge < -0.3 is 10.4 Å². The summed E-state index contributed by atoms with van der Waals surface area (Å²) in [6, 6.07) is 4.54. The van der Waals surface area contributed by atoms with Crippen LogP contribution in [0, 0.1) is 5.92 Å². The third-order valence-corrected chi connectivity index (χ3v) is 3.38. The number of benzene rings is 1. The number of rotatable bonds is 3. The molecule has 0 radical (unpaired) electrons. The molecule has 3 nitrogen and oxygen atoms in total. The number of anilines is 1. The van der Waals surface area contributed by atoms with Gasteiger partial charge in [0.05, 0.1) is 11.5 Å². The lowest BCUT2D eigenvalue weighted by atomic mass is 10.0. The van der Waals surface area contributed by atoms with Gasteiger partial charge in [-0.3, -0.25) is 4.79 Å². The lowest BCUT2D eigenvalue weighted by molar-refractivity contribution is -0.141. The summed E-state index contributed by atoms with van der Waals surface area (Å²) in [6.07, 6.45) is -2.40. The maximum atomic E-state index is 12.6. The van der Waals surface area contributed by atoms with Gasteiger partial charge in [0.15, 0.2) is 0 Å². The standard InChI is InChI=1S/C13H14F3NO2/c14-13(15,16)8-3-1-4-9(7-8)17-11-6-2-5-10(11)12(18)19/h1,3-4,7,10-11,17H,2,5-6H2,(H,18,19). The van der Waals surface area contributed by atoms with Crippen molar-refractivity contribution in [3.63, 3.8) is 0 Å². The Bertz CT molecular complexity index is 473. The predicted molar refractivity (Wildman–Crippen MR) is 63.8 cm³/mol. The van der Waals surface area contributed by atoms with Gasteiger partial charge in [0.25, 0.3) is 0 Å². The number of halogens is 3. The van der Waals surface area contributed by atoms with Crippen molar-refractivity contribution in [2.24, 2.45) is 5.92 Å². The van der Waals surface area contributed by atoms with Gasteiger partial charge in [-0.1, -0.05) is 12.5 Å². The number of aliphatic carboxylic acids is 1. The number of alkyl halides is 3. The second kappa shape index (κ2) is 5.11. The van der Waals surface area contributed by atoms with Crippen LogP contribution >= 0.6 is 0 Å². The minimum Gasteiger partial charge on any atom is -0.481 e. The topological polar surface area (TPSA) is 49.3 Å². The molecule has 0 spiro atoms. The molecule has 2 N–H and O–H groups in total. The fraction of sp³-hybridized carbons (Fsp3) is 0.462. The third kappa shape index (κ3) is 3.19. The van der Waals surface area contributed by atoms with Gasteiger partial charge in [-0.15, -0.1) is 0 Å². The fourth-order valence-corrected chi connectivity index (χ4v) is 2.43. The van der Waals surface area contributed by atoms with Crippen LogP contribution in [0.1, 0.15) is 24.8 Å². The minimum atomic E-state index is -4.39. The highest BCUT2D eigenvalue weighted by Crippen LogP contribution is 2.33. The molecule has 104 valence electrons. The molecule has 2 rings (SSSR count). The quantitative estimate of drug-likeness (QED) is 0.887. The molecule has 1 fully saturated rings. The van der Waals surface area contributed by atoms with Crippen LogP contribution in [0.25, 0.3) is 0 Å². The van der Waals surface area contributed by atoms with E-state index < -0.39 is 23.6 Å². The number of carbonyl (C=O) groups is 1. The Hall–Kier alpha value is -1.72. The van der Waals surface area contributed by atoms with Crippen molar-refractivity contribution in [3.8, 4) is 0 Å². The summed E-state index contributed by atoms with van der Waals surface area (Å²) in [6.45, 7) is 0. The average Bonchev–Trinajstić information content (AvgIpc) is 2.76. The normalized spacial score (nSPS) is 23.3. The smallest absolute Gasteiger partial charge is 0.416 e. The van der Waals surface area contributed by atoms with Gasteiger partial charge in [-0.25, -0.2) is 0 Å². The largest absolute Gasteiger partial charge is 0.481 e. The van der Waals surface area contributed by atoms with Crippen LogP contribution in [0.5, 0.6) is 0 Å². The summed E-state index contributed by atoms with van der Waals surface area (Å²) in [5, 5.41) is 11.9. The first-order valence-electron chi connectivity index (χ1n) is 6.04. The molecular weight excluding hydrogens is 259 g/mol. The number of carboxylic acid groups (broad SMARTS) is 1. The highest BCUT2D eigenvalue weighted by atomic mass is 19.4. The highest BCUT2D eigenvalue weighted by Gasteiger charge is 2.34. The molecule has 2 unspecified atom stereocenters. The van der Waals surface area contributed by atoms with Crippen molar-refractivity contribution in [1.82, 2.24) is 0 Å². The Morgan fingerprint density at radius 3 is 2.68 bits per heavy atom. The van der Waals surface area contributed by atoms with Crippen LogP contribution in [-0.4, -0.2) is 17.1 Å². The van der Waals surface area contributed by atoms with E-state index in [4.69, 9.17) is 5.11 Å². The van der Waals surface area contributed by atoms with Gasteiger partial charge in [-0.05, 0) is 31.0 Å². The number of hydrogen-bond acceptors (Lipinski definition) is 2. The minimum absolute atomic E-state index is 0.305. The summed E-state index contributed by atoms with van der Waals surface area (Å²) < 4.78 is 37.7. The second-order valence-electron chi connectivity index (χ2n) is 4.71. The Balaban J connectivity index is 2.13. The molecule has 1 aromatic carbocycles. The van der Waals surface area contributed by atoms with E-state index in [0.717, 1.165) is 18.6 Å². The average molecular weight is 273 g/mol. The van der Waals surface area contributed by atoms with Gasteiger partial charge in [0.1, 0.15) is 0 Å². The molecule has 0 bridgehead atoms. The lowest BCUT2D eigenvalue weighted by Crippen LogP contribution is -2.29. The van der Waals surface area contributed by atoms with E-state index >= 15 is 0 Å². The van der Waals surface area contributed by atoms with E-state index in [-0.39, 0.29) is 6.04 Å². The number of hydrogen-bond donors (Lipinski definition) is 2. The number of nitrogens with one attached hydrogen (secondary N) is 1. The highest BCUT2D eigenvalue weighted by molar-refractivity contribution is 5.72. The maximum absolute atomic E-state index is 12.6. The van der Waals surface area contributed by atoms with Crippen LogP contribution in [0.3, 0.4) is 0 Å². The molecule has 0 heterocycles. The molecule has 0 saturated heterocycles. The monoisotopic (exact) mass is 273 g/mol. The maximum Gasteiger partial charge on any atom is 0.416 e. The SMILES string of the molecule is O=C(O)C1CCCC1Nc1cccc(C(F)(F)F)c1. The molecule has 1 aliphatic rings. The molecule has 1 saturated carbocycles. The van der Waals surface area contributed by atoms with E-state index in [1.807, 2.05) is 0 Å². The molecule has 1 aliphatic carbocycles. The third-order valence-electron chi connectivity index (χ3n) is 3.38. The van der Waals surface area contributed by atoms with Crippen LogP contribution in [0.2, 0.25) is 0 Å². The van der Waals surface area contributed by atoms with Crippen LogP contribution < -0.4 is 5.32 Å². The van der Waals surface area contributed by atoms with Crippen LogP contribution in [0.4, 0.5) is 18.9 Å². The van der Waals surface area contributed by atoms with Gasteiger partial charge in [0, 0.05) is 11.7 Å². The molecule has 6 heteroatoms. The molecule has 2 atom stereocenters. The number of carboxylic acids is 1. The van der Waals surface area contributed by atoms with Crippen LogP contribution in [-0.2, 0) is 11.0 Å². The zero-order chi connectivity index (χ0) is 14.0. The molecule has 0 aliphatic heterocycles. The molecule has 0 aromatic heterocycles. The van der Waals surface area contributed by atoms with Crippen molar-refractivity contribution in [3.05, 3.63) is 29.8 Å². The van der Waals surface area contributed by atoms with Crippen molar-refractivity contribution < 1.29 is 23.1 Å². The zero-order valence-electron chi connectivity index (χ0n) is 10.1. The fourth-order valence-electron chi connectivity index (χ4n) is 2.43. The van der Waals surface area contributed by atoms with Gasteiger partial charge in [0.2, 0.25) is 0 Å². The molecule has 19 heavy (non-hydrogen) atoms. The lowest BCUT2D eigenvalue weighted by Gasteiger charge is -2.19. The summed E-state index contributed by atoms with van der Waals surface area (Å²) in [4.78, 5) is 11.0.